The van der Waals surface area contributed by atoms with Gasteiger partial charge in [-0.1, -0.05) is 0 Å². The largest absolute Gasteiger partial charge is 0.370 e. The minimum atomic E-state index is -2.99. The van der Waals surface area contributed by atoms with Gasteiger partial charge in [0.05, 0.1) is 12.3 Å². The number of aliphatic imine (C=N–C) groups is 1. The second kappa shape index (κ2) is 6.19. The summed E-state index contributed by atoms with van der Waals surface area (Å²) in [6, 6.07) is 0.485. The van der Waals surface area contributed by atoms with Crippen molar-refractivity contribution in [3.63, 3.8) is 0 Å². The maximum atomic E-state index is 11.5. The number of rotatable bonds is 4. The Labute approximate surface area is 119 Å². The van der Waals surface area contributed by atoms with Crippen LogP contribution >= 0.6 is 24.0 Å². The summed E-state index contributed by atoms with van der Waals surface area (Å²) in [5.41, 5.74) is 5.64. The van der Waals surface area contributed by atoms with Gasteiger partial charge in [0.1, 0.15) is 0 Å². The lowest BCUT2D eigenvalue weighted by Crippen LogP contribution is -2.35. The second-order valence-corrected chi connectivity index (χ2v) is 6.34. The zero-order chi connectivity index (χ0) is 11.6. The molecule has 0 unspecified atom stereocenters. The van der Waals surface area contributed by atoms with Crippen LogP contribution in [0.3, 0.4) is 0 Å². The van der Waals surface area contributed by atoms with E-state index in [1.54, 1.807) is 0 Å². The summed E-state index contributed by atoms with van der Waals surface area (Å²) in [4.78, 5) is 4.11. The Morgan fingerprint density at radius 1 is 1.47 bits per heavy atom. The highest BCUT2D eigenvalue weighted by molar-refractivity contribution is 14.0. The van der Waals surface area contributed by atoms with Gasteiger partial charge in [-0.25, -0.2) is 12.7 Å². The molecule has 1 saturated heterocycles. The van der Waals surface area contributed by atoms with Crippen LogP contribution in [0.25, 0.3) is 0 Å². The molecule has 3 N–H and O–H groups in total. The molecule has 0 amide bonds. The van der Waals surface area contributed by atoms with E-state index in [-0.39, 0.29) is 29.7 Å². The van der Waals surface area contributed by atoms with Crippen LogP contribution in [0.15, 0.2) is 4.99 Å². The van der Waals surface area contributed by atoms with Gasteiger partial charge in [-0.05, 0) is 19.3 Å². The third-order valence-corrected chi connectivity index (χ3v) is 4.72. The highest BCUT2D eigenvalue weighted by Crippen LogP contribution is 2.18. The Morgan fingerprint density at radius 3 is 2.71 bits per heavy atom. The van der Waals surface area contributed by atoms with Crippen molar-refractivity contribution >= 4 is 40.0 Å². The molecule has 1 heterocycles. The zero-order valence-corrected chi connectivity index (χ0v) is 12.8. The van der Waals surface area contributed by atoms with Crippen molar-refractivity contribution in [2.24, 2.45) is 10.7 Å². The lowest BCUT2D eigenvalue weighted by molar-refractivity contribution is 0.452. The molecule has 0 radical (unpaired) electrons. The summed E-state index contributed by atoms with van der Waals surface area (Å²) in [7, 11) is -2.99. The van der Waals surface area contributed by atoms with Gasteiger partial charge in [-0.3, -0.25) is 4.99 Å². The third kappa shape index (κ3) is 4.59. The molecule has 0 aromatic carbocycles. The van der Waals surface area contributed by atoms with Gasteiger partial charge in [-0.2, -0.15) is 0 Å². The lowest BCUT2D eigenvalue weighted by atomic mass is 10.5. The van der Waals surface area contributed by atoms with E-state index < -0.39 is 10.0 Å². The summed E-state index contributed by atoms with van der Waals surface area (Å²) in [6.07, 6.45) is 3.02. The van der Waals surface area contributed by atoms with E-state index in [1.165, 1.54) is 4.31 Å². The van der Waals surface area contributed by atoms with E-state index in [4.69, 9.17) is 5.73 Å². The maximum absolute atomic E-state index is 11.5. The number of nitrogens with zero attached hydrogens (tertiary/aromatic N) is 2. The first-order chi connectivity index (χ1) is 7.58. The van der Waals surface area contributed by atoms with E-state index >= 15 is 0 Å². The molecule has 6 nitrogen and oxygen atoms in total. The SMILES string of the molecule is I.NC(=NCCN1CCCS1(=O)=O)NC1CC1. The van der Waals surface area contributed by atoms with Crippen LogP contribution in [-0.4, -0.2) is 50.1 Å². The van der Waals surface area contributed by atoms with Crippen LogP contribution < -0.4 is 11.1 Å². The Morgan fingerprint density at radius 2 is 2.18 bits per heavy atom. The molecule has 0 aromatic rings. The van der Waals surface area contributed by atoms with Gasteiger partial charge in [0, 0.05) is 19.1 Å². The molecule has 0 aromatic heterocycles. The molecule has 2 aliphatic rings. The van der Waals surface area contributed by atoms with Crippen molar-refractivity contribution in [2.75, 3.05) is 25.4 Å². The minimum Gasteiger partial charge on any atom is -0.370 e. The van der Waals surface area contributed by atoms with Gasteiger partial charge in [0.2, 0.25) is 10.0 Å². The number of sulfonamides is 1. The fourth-order valence-electron chi connectivity index (χ4n) is 1.71. The van der Waals surface area contributed by atoms with Gasteiger partial charge >= 0.3 is 0 Å². The van der Waals surface area contributed by atoms with E-state index in [2.05, 4.69) is 10.3 Å². The normalized spacial score (nSPS) is 24.4. The minimum absolute atomic E-state index is 0. The van der Waals surface area contributed by atoms with E-state index in [0.29, 0.717) is 31.6 Å². The summed E-state index contributed by atoms with van der Waals surface area (Å²) < 4.78 is 24.4. The van der Waals surface area contributed by atoms with Crippen LogP contribution in [0.4, 0.5) is 0 Å². The van der Waals surface area contributed by atoms with Crippen LogP contribution in [0.1, 0.15) is 19.3 Å². The summed E-state index contributed by atoms with van der Waals surface area (Å²) >= 11 is 0. The lowest BCUT2D eigenvalue weighted by Gasteiger charge is -2.12. The molecule has 1 aliphatic heterocycles. The summed E-state index contributed by atoms with van der Waals surface area (Å²) in [5.74, 6) is 0.700. The van der Waals surface area contributed by atoms with Crippen LogP contribution in [-0.2, 0) is 10.0 Å². The first kappa shape index (κ1) is 15.0. The third-order valence-electron chi connectivity index (χ3n) is 2.76. The number of nitrogens with two attached hydrogens (primary N) is 1. The molecule has 1 aliphatic carbocycles. The average molecular weight is 374 g/mol. The average Bonchev–Trinajstić information content (AvgIpc) is 2.93. The van der Waals surface area contributed by atoms with Crippen LogP contribution in [0.5, 0.6) is 0 Å². The predicted molar refractivity (Wildman–Crippen MR) is 78.0 cm³/mol. The highest BCUT2D eigenvalue weighted by Gasteiger charge is 2.27. The predicted octanol–water partition coefficient (Wildman–Crippen LogP) is -0.293. The molecule has 0 atom stereocenters. The first-order valence-corrected chi connectivity index (χ1v) is 7.23. The Balaban J connectivity index is 0.00000144. The Bertz CT molecular complexity index is 380. The van der Waals surface area contributed by atoms with Crippen LogP contribution in [0, 0.1) is 0 Å². The zero-order valence-electron chi connectivity index (χ0n) is 9.63. The van der Waals surface area contributed by atoms with Gasteiger partial charge in [-0.15, -0.1) is 24.0 Å². The van der Waals surface area contributed by atoms with Crippen molar-refractivity contribution in [1.29, 1.82) is 0 Å². The van der Waals surface area contributed by atoms with Gasteiger partial charge in [0.15, 0.2) is 5.96 Å². The second-order valence-electron chi connectivity index (χ2n) is 4.25. The first-order valence-electron chi connectivity index (χ1n) is 5.62. The Kier molecular flexibility index (Phi) is 5.45. The molecule has 0 bridgehead atoms. The highest BCUT2D eigenvalue weighted by atomic mass is 127. The monoisotopic (exact) mass is 374 g/mol. The number of hydrogen-bond acceptors (Lipinski definition) is 3. The van der Waals surface area contributed by atoms with Crippen molar-refractivity contribution in [3.8, 4) is 0 Å². The molecule has 2 fully saturated rings. The van der Waals surface area contributed by atoms with Crippen molar-refractivity contribution in [3.05, 3.63) is 0 Å². The van der Waals surface area contributed by atoms with Gasteiger partial charge < -0.3 is 11.1 Å². The Hall–Kier alpha value is -0.0900. The number of guanidine groups is 1. The fraction of sp³-hybridized carbons (Fsp3) is 0.889. The summed E-state index contributed by atoms with van der Waals surface area (Å²) in [6.45, 7) is 1.49. The van der Waals surface area contributed by atoms with Crippen molar-refractivity contribution in [2.45, 2.75) is 25.3 Å². The summed E-state index contributed by atoms with van der Waals surface area (Å²) in [5, 5.41) is 3.06. The number of halogens is 1. The number of hydrogen-bond donors (Lipinski definition) is 2. The van der Waals surface area contributed by atoms with E-state index in [0.717, 1.165) is 19.3 Å². The number of nitrogens with one attached hydrogen (secondary N) is 1. The molecule has 1 saturated carbocycles. The quantitative estimate of drug-likeness (QED) is 0.402. The molecular weight excluding hydrogens is 355 g/mol. The molecular formula is C9H19IN4O2S. The topological polar surface area (TPSA) is 87.8 Å². The van der Waals surface area contributed by atoms with Crippen molar-refractivity contribution in [1.82, 2.24) is 9.62 Å². The van der Waals surface area contributed by atoms with E-state index in [9.17, 15) is 8.42 Å². The standard InChI is InChI=1S/C9H18N4O2S.HI/c10-9(12-8-2-3-8)11-4-6-13-5-1-7-16(13,14)15;/h8H,1-7H2,(H3,10,11,12);1H. The molecule has 100 valence electrons. The molecule has 8 heteroatoms. The maximum Gasteiger partial charge on any atom is 0.214 e. The molecule has 2 rings (SSSR count). The smallest absolute Gasteiger partial charge is 0.214 e. The van der Waals surface area contributed by atoms with Crippen LogP contribution in [0.2, 0.25) is 0 Å². The van der Waals surface area contributed by atoms with E-state index in [1.807, 2.05) is 0 Å². The molecule has 17 heavy (non-hydrogen) atoms. The van der Waals surface area contributed by atoms with Crippen molar-refractivity contribution < 1.29 is 8.42 Å². The fourth-order valence-corrected chi connectivity index (χ4v) is 3.23. The van der Waals surface area contributed by atoms with Gasteiger partial charge in [0.25, 0.3) is 0 Å². The molecule has 0 spiro atoms.